The van der Waals surface area contributed by atoms with E-state index in [0.717, 1.165) is 12.1 Å². The largest absolute Gasteiger partial charge is 0.492 e. The minimum absolute atomic E-state index is 0.144. The molecule has 0 spiro atoms. The lowest BCUT2D eigenvalue weighted by molar-refractivity contribution is 0.295. The summed E-state index contributed by atoms with van der Waals surface area (Å²) in [6, 6.07) is 3.48. The summed E-state index contributed by atoms with van der Waals surface area (Å²) >= 11 is 12.4. The van der Waals surface area contributed by atoms with Gasteiger partial charge >= 0.3 is 0 Å². The van der Waals surface area contributed by atoms with Crippen LogP contribution in [-0.2, 0) is 4.74 Å². The fourth-order valence-corrected chi connectivity index (χ4v) is 2.35. The number of hydrogen-bond acceptors (Lipinski definition) is 4. The molecular formula is C15H20Cl2N2O2. The van der Waals surface area contributed by atoms with Gasteiger partial charge in [0.1, 0.15) is 5.75 Å². The Hall–Kier alpha value is -1.13. The van der Waals surface area contributed by atoms with Gasteiger partial charge in [-0.15, -0.1) is 5.10 Å². The van der Waals surface area contributed by atoms with Crippen molar-refractivity contribution < 1.29 is 9.47 Å². The lowest BCUT2D eigenvalue weighted by Gasteiger charge is -2.16. The van der Waals surface area contributed by atoms with Crippen LogP contribution in [-0.4, -0.2) is 19.2 Å². The van der Waals surface area contributed by atoms with Gasteiger partial charge in [0.2, 0.25) is 5.90 Å². The number of halogens is 2. The summed E-state index contributed by atoms with van der Waals surface area (Å²) in [5.74, 6) is 1.29. The minimum atomic E-state index is -0.144. The molecule has 1 aromatic rings. The Morgan fingerprint density at radius 2 is 2.00 bits per heavy atom. The molecule has 0 radical (unpaired) electrons. The Kier molecular flexibility index (Phi) is 4.89. The van der Waals surface area contributed by atoms with Gasteiger partial charge in [-0.1, -0.05) is 50.9 Å². The molecule has 2 rings (SSSR count). The van der Waals surface area contributed by atoms with Gasteiger partial charge in [0.15, 0.2) is 6.73 Å². The number of ether oxygens (including phenoxy) is 2. The van der Waals surface area contributed by atoms with Gasteiger partial charge in [0.25, 0.3) is 0 Å². The molecule has 0 saturated carbocycles. The zero-order valence-electron chi connectivity index (χ0n) is 12.7. The zero-order valence-corrected chi connectivity index (χ0v) is 14.3. The third-order valence-corrected chi connectivity index (χ3v) is 3.52. The van der Waals surface area contributed by atoms with E-state index >= 15 is 0 Å². The quantitative estimate of drug-likeness (QED) is 0.784. The van der Waals surface area contributed by atoms with Crippen molar-refractivity contribution in [1.29, 1.82) is 0 Å². The first-order chi connectivity index (χ1) is 9.82. The summed E-state index contributed by atoms with van der Waals surface area (Å²) in [6.07, 6.45) is 0.910. The summed E-state index contributed by atoms with van der Waals surface area (Å²) in [6.45, 7) is 9.13. The predicted octanol–water partition coefficient (Wildman–Crippen LogP) is 4.94. The van der Waals surface area contributed by atoms with Gasteiger partial charge in [0, 0.05) is 11.5 Å². The average molecular weight is 331 g/mol. The molecule has 1 heterocycles. The van der Waals surface area contributed by atoms with Crippen LogP contribution in [0.2, 0.25) is 10.0 Å². The van der Waals surface area contributed by atoms with E-state index in [9.17, 15) is 0 Å². The predicted molar refractivity (Wildman–Crippen MR) is 87.6 cm³/mol. The lowest BCUT2D eigenvalue weighted by atomic mass is 9.97. The molecule has 0 atom stereocenters. The topological polar surface area (TPSA) is 34.1 Å². The van der Waals surface area contributed by atoms with Crippen LogP contribution in [0.25, 0.3) is 0 Å². The maximum Gasteiger partial charge on any atom is 0.213 e. The minimum Gasteiger partial charge on any atom is -0.492 e. The first-order valence-electron chi connectivity index (χ1n) is 6.94. The second-order valence-corrected chi connectivity index (χ2v) is 6.73. The highest BCUT2D eigenvalue weighted by Crippen LogP contribution is 2.38. The highest BCUT2D eigenvalue weighted by molar-refractivity contribution is 6.37. The SMILES string of the molecule is CCCOc1cc(N2COC(C(C)(C)C)=N2)c(Cl)cc1Cl. The Balaban J connectivity index is 2.30. The van der Waals surface area contributed by atoms with E-state index in [1.165, 1.54) is 0 Å². The number of rotatable bonds is 4. The second kappa shape index (κ2) is 6.32. The fraction of sp³-hybridized carbons (Fsp3) is 0.533. The van der Waals surface area contributed by atoms with Gasteiger partial charge in [-0.25, -0.2) is 5.01 Å². The smallest absolute Gasteiger partial charge is 0.213 e. The molecule has 0 N–H and O–H groups in total. The standard InChI is InChI=1S/C15H20Cl2N2O2/c1-5-6-20-13-8-12(10(16)7-11(13)17)19-9-21-14(18-19)15(2,3)4/h7-8H,5-6,9H2,1-4H3. The molecule has 21 heavy (non-hydrogen) atoms. The summed E-state index contributed by atoms with van der Waals surface area (Å²) in [5, 5.41) is 7.22. The van der Waals surface area contributed by atoms with E-state index in [-0.39, 0.29) is 5.41 Å². The molecule has 0 amide bonds. The molecule has 0 aliphatic carbocycles. The van der Waals surface area contributed by atoms with E-state index in [2.05, 4.69) is 25.9 Å². The molecule has 0 bridgehead atoms. The Morgan fingerprint density at radius 3 is 2.57 bits per heavy atom. The van der Waals surface area contributed by atoms with Gasteiger partial charge in [0.05, 0.1) is 22.3 Å². The Bertz CT molecular complexity index is 553. The van der Waals surface area contributed by atoms with E-state index in [4.69, 9.17) is 32.7 Å². The van der Waals surface area contributed by atoms with Crippen molar-refractivity contribution in [2.45, 2.75) is 34.1 Å². The van der Waals surface area contributed by atoms with Crippen LogP contribution in [0.4, 0.5) is 5.69 Å². The van der Waals surface area contributed by atoms with Gasteiger partial charge < -0.3 is 9.47 Å². The third-order valence-electron chi connectivity index (χ3n) is 2.92. The monoisotopic (exact) mass is 330 g/mol. The van der Waals surface area contributed by atoms with Crippen molar-refractivity contribution in [3.63, 3.8) is 0 Å². The zero-order chi connectivity index (χ0) is 15.6. The van der Waals surface area contributed by atoms with Crippen LogP contribution in [0.3, 0.4) is 0 Å². The van der Waals surface area contributed by atoms with Crippen LogP contribution in [0.1, 0.15) is 34.1 Å². The van der Waals surface area contributed by atoms with Gasteiger partial charge in [-0.2, -0.15) is 0 Å². The van der Waals surface area contributed by atoms with Crippen LogP contribution in [0.15, 0.2) is 17.2 Å². The second-order valence-electron chi connectivity index (χ2n) is 5.91. The van der Waals surface area contributed by atoms with Crippen molar-refractivity contribution in [1.82, 2.24) is 0 Å². The third kappa shape index (κ3) is 3.74. The molecule has 6 heteroatoms. The number of hydrogen-bond donors (Lipinski definition) is 0. The van der Waals surface area contributed by atoms with Crippen LogP contribution >= 0.6 is 23.2 Å². The molecule has 0 fully saturated rings. The van der Waals surface area contributed by atoms with E-state index in [1.54, 1.807) is 17.1 Å². The van der Waals surface area contributed by atoms with Crippen LogP contribution in [0.5, 0.6) is 5.75 Å². The van der Waals surface area contributed by atoms with Crippen LogP contribution < -0.4 is 9.75 Å². The maximum absolute atomic E-state index is 6.27. The van der Waals surface area contributed by atoms with E-state index < -0.39 is 0 Å². The summed E-state index contributed by atoms with van der Waals surface area (Å²) < 4.78 is 11.3. The number of anilines is 1. The Labute approximate surface area is 135 Å². The summed E-state index contributed by atoms with van der Waals surface area (Å²) in [4.78, 5) is 0. The number of nitrogens with zero attached hydrogens (tertiary/aromatic N) is 2. The molecule has 116 valence electrons. The molecule has 1 aliphatic heterocycles. The molecule has 0 aromatic heterocycles. The molecule has 4 nitrogen and oxygen atoms in total. The molecule has 0 saturated heterocycles. The first-order valence-corrected chi connectivity index (χ1v) is 7.69. The number of hydrazone groups is 1. The molecule has 0 unspecified atom stereocenters. The number of benzene rings is 1. The molecule has 1 aromatic carbocycles. The first kappa shape index (κ1) is 16.2. The highest BCUT2D eigenvalue weighted by atomic mass is 35.5. The van der Waals surface area contributed by atoms with Gasteiger partial charge in [-0.3, -0.25) is 0 Å². The average Bonchev–Trinajstić information content (AvgIpc) is 2.87. The van der Waals surface area contributed by atoms with Crippen molar-refractivity contribution in [2.24, 2.45) is 10.5 Å². The van der Waals surface area contributed by atoms with Crippen molar-refractivity contribution in [2.75, 3.05) is 18.3 Å². The fourth-order valence-electron chi connectivity index (χ4n) is 1.82. The van der Waals surface area contributed by atoms with Crippen LogP contribution in [0, 0.1) is 5.41 Å². The normalized spacial score (nSPS) is 15.0. The van der Waals surface area contributed by atoms with E-state index in [0.29, 0.717) is 35.0 Å². The van der Waals surface area contributed by atoms with Gasteiger partial charge in [-0.05, 0) is 12.5 Å². The van der Waals surface area contributed by atoms with Crippen molar-refractivity contribution >= 4 is 34.8 Å². The molecular weight excluding hydrogens is 311 g/mol. The maximum atomic E-state index is 6.27. The summed E-state index contributed by atoms with van der Waals surface area (Å²) in [7, 11) is 0. The van der Waals surface area contributed by atoms with E-state index in [1.807, 2.05) is 6.92 Å². The Morgan fingerprint density at radius 1 is 1.29 bits per heavy atom. The van der Waals surface area contributed by atoms with Crippen molar-refractivity contribution in [3.05, 3.63) is 22.2 Å². The molecule has 1 aliphatic rings. The summed E-state index contributed by atoms with van der Waals surface area (Å²) in [5.41, 5.74) is 0.585. The highest BCUT2D eigenvalue weighted by Gasteiger charge is 2.29. The lowest BCUT2D eigenvalue weighted by Crippen LogP contribution is -2.20. The van der Waals surface area contributed by atoms with Crippen molar-refractivity contribution in [3.8, 4) is 5.75 Å².